The predicted molar refractivity (Wildman–Crippen MR) is 72.9 cm³/mol. The van der Waals surface area contributed by atoms with Gasteiger partial charge in [-0.3, -0.25) is 0 Å². The van der Waals surface area contributed by atoms with E-state index in [9.17, 15) is 0 Å². The highest BCUT2D eigenvalue weighted by Gasteiger charge is 2.31. The molecule has 92 valence electrons. The van der Waals surface area contributed by atoms with E-state index in [1.165, 1.54) is 27.8 Å². The van der Waals surface area contributed by atoms with Gasteiger partial charge in [0.1, 0.15) is 11.4 Å². The first-order valence-corrected chi connectivity index (χ1v) is 6.31. The summed E-state index contributed by atoms with van der Waals surface area (Å²) in [5.41, 5.74) is 6.64. The molecule has 0 saturated heterocycles. The molecular weight excluding hydrogens is 208 g/mol. The Labute approximate surface area is 104 Å². The van der Waals surface area contributed by atoms with Crippen LogP contribution in [0.2, 0.25) is 0 Å². The van der Waals surface area contributed by atoms with E-state index >= 15 is 0 Å². The lowest BCUT2D eigenvalue weighted by molar-refractivity contribution is 0.113. The van der Waals surface area contributed by atoms with Gasteiger partial charge < -0.3 is 4.74 Å². The summed E-state index contributed by atoms with van der Waals surface area (Å²) in [6.07, 6.45) is 4.04. The van der Waals surface area contributed by atoms with E-state index in [1.807, 2.05) is 6.08 Å². The van der Waals surface area contributed by atoms with Crippen LogP contribution in [0.25, 0.3) is 0 Å². The molecular formula is C16H22O. The van der Waals surface area contributed by atoms with Crippen LogP contribution in [-0.4, -0.2) is 5.60 Å². The maximum atomic E-state index is 6.20. The fraction of sp³-hybridized carbons (Fsp3) is 0.500. The zero-order chi connectivity index (χ0) is 12.8. The molecule has 0 bridgehead atoms. The molecule has 1 heteroatoms. The molecule has 1 heterocycles. The monoisotopic (exact) mass is 230 g/mol. The second kappa shape index (κ2) is 3.90. The third-order valence-corrected chi connectivity index (χ3v) is 4.39. The largest absolute Gasteiger partial charge is 0.483 e. The van der Waals surface area contributed by atoms with Crippen LogP contribution in [0, 0.1) is 27.7 Å². The van der Waals surface area contributed by atoms with Crippen molar-refractivity contribution >= 4 is 0 Å². The number of hydrogen-bond acceptors (Lipinski definition) is 1. The maximum Gasteiger partial charge on any atom is 0.127 e. The maximum absolute atomic E-state index is 6.20. The zero-order valence-corrected chi connectivity index (χ0v) is 11.6. The minimum Gasteiger partial charge on any atom is -0.483 e. The van der Waals surface area contributed by atoms with Crippen LogP contribution >= 0.6 is 0 Å². The standard InChI is InChI=1S/C16H22O/c1-7-16(6)9-8-14-12(4)10(2)11(3)13(5)15(14)17-16/h7H,1,8-9H2,2-6H3/t16-/m1/s1. The Bertz CT molecular complexity index is 485. The molecule has 0 aliphatic carbocycles. The molecule has 0 aromatic heterocycles. The van der Waals surface area contributed by atoms with Crippen LogP contribution in [0.15, 0.2) is 12.7 Å². The average Bonchev–Trinajstić information content (AvgIpc) is 2.33. The summed E-state index contributed by atoms with van der Waals surface area (Å²) in [6, 6.07) is 0. The van der Waals surface area contributed by atoms with E-state index < -0.39 is 0 Å². The van der Waals surface area contributed by atoms with Crippen molar-refractivity contribution in [3.05, 3.63) is 40.5 Å². The van der Waals surface area contributed by atoms with E-state index in [-0.39, 0.29) is 5.60 Å². The first-order chi connectivity index (χ1) is 7.89. The van der Waals surface area contributed by atoms with Gasteiger partial charge in [-0.2, -0.15) is 0 Å². The Balaban J connectivity index is 2.63. The van der Waals surface area contributed by atoms with Crippen molar-refractivity contribution in [1.29, 1.82) is 0 Å². The Kier molecular flexibility index (Phi) is 2.81. The molecule has 1 nitrogen and oxygen atoms in total. The molecule has 0 saturated carbocycles. The Hall–Kier alpha value is -1.24. The van der Waals surface area contributed by atoms with Gasteiger partial charge in [0, 0.05) is 0 Å². The van der Waals surface area contributed by atoms with Crippen LogP contribution in [0.5, 0.6) is 5.75 Å². The van der Waals surface area contributed by atoms with Gasteiger partial charge in [-0.05, 0) is 81.4 Å². The number of fused-ring (bicyclic) bond motifs is 1. The Morgan fingerprint density at radius 2 is 1.65 bits per heavy atom. The Morgan fingerprint density at radius 3 is 2.24 bits per heavy atom. The van der Waals surface area contributed by atoms with E-state index in [1.54, 1.807) is 0 Å². The summed E-state index contributed by atoms with van der Waals surface area (Å²) in [7, 11) is 0. The second-order valence-electron chi connectivity index (χ2n) is 5.43. The number of benzene rings is 1. The van der Waals surface area contributed by atoms with Gasteiger partial charge in [0.05, 0.1) is 0 Å². The highest BCUT2D eigenvalue weighted by molar-refractivity contribution is 5.55. The Morgan fingerprint density at radius 1 is 1.06 bits per heavy atom. The van der Waals surface area contributed by atoms with Gasteiger partial charge in [-0.1, -0.05) is 6.58 Å². The molecule has 0 unspecified atom stereocenters. The van der Waals surface area contributed by atoms with Crippen LogP contribution in [0.1, 0.15) is 41.2 Å². The molecule has 1 aromatic carbocycles. The van der Waals surface area contributed by atoms with Crippen LogP contribution in [-0.2, 0) is 6.42 Å². The topological polar surface area (TPSA) is 9.23 Å². The van der Waals surface area contributed by atoms with Gasteiger partial charge in [0.15, 0.2) is 0 Å². The first kappa shape index (κ1) is 12.2. The molecule has 1 aliphatic heterocycles. The van der Waals surface area contributed by atoms with Crippen molar-refractivity contribution in [2.75, 3.05) is 0 Å². The molecule has 1 atom stereocenters. The highest BCUT2D eigenvalue weighted by Crippen LogP contribution is 2.40. The molecule has 1 aliphatic rings. The van der Waals surface area contributed by atoms with Crippen LogP contribution < -0.4 is 4.74 Å². The van der Waals surface area contributed by atoms with Crippen LogP contribution in [0.3, 0.4) is 0 Å². The normalized spacial score (nSPS) is 22.9. The van der Waals surface area contributed by atoms with Crippen molar-refractivity contribution < 1.29 is 4.74 Å². The lowest BCUT2D eigenvalue weighted by atomic mass is 9.85. The van der Waals surface area contributed by atoms with E-state index in [2.05, 4.69) is 41.2 Å². The van der Waals surface area contributed by atoms with Crippen molar-refractivity contribution in [1.82, 2.24) is 0 Å². The molecule has 0 N–H and O–H groups in total. The zero-order valence-electron chi connectivity index (χ0n) is 11.6. The summed E-state index contributed by atoms with van der Waals surface area (Å²) < 4.78 is 6.20. The summed E-state index contributed by atoms with van der Waals surface area (Å²) >= 11 is 0. The minimum absolute atomic E-state index is 0.202. The second-order valence-corrected chi connectivity index (χ2v) is 5.43. The quantitative estimate of drug-likeness (QED) is 0.657. The molecule has 17 heavy (non-hydrogen) atoms. The fourth-order valence-electron chi connectivity index (χ4n) is 2.60. The van der Waals surface area contributed by atoms with Gasteiger partial charge in [0.2, 0.25) is 0 Å². The predicted octanol–water partition coefficient (Wildman–Crippen LogP) is 4.19. The lowest BCUT2D eigenvalue weighted by Crippen LogP contribution is -2.34. The van der Waals surface area contributed by atoms with Crippen molar-refractivity contribution in [3.63, 3.8) is 0 Å². The van der Waals surface area contributed by atoms with Crippen molar-refractivity contribution in [2.24, 2.45) is 0 Å². The van der Waals surface area contributed by atoms with Gasteiger partial charge >= 0.3 is 0 Å². The third kappa shape index (κ3) is 1.78. The smallest absolute Gasteiger partial charge is 0.127 e. The fourth-order valence-corrected chi connectivity index (χ4v) is 2.60. The average molecular weight is 230 g/mol. The van der Waals surface area contributed by atoms with Crippen molar-refractivity contribution in [3.8, 4) is 5.75 Å². The minimum atomic E-state index is -0.202. The molecule has 1 aromatic rings. The molecule has 0 radical (unpaired) electrons. The van der Waals surface area contributed by atoms with Gasteiger partial charge in [-0.15, -0.1) is 0 Å². The summed E-state index contributed by atoms with van der Waals surface area (Å²) in [4.78, 5) is 0. The third-order valence-electron chi connectivity index (χ3n) is 4.39. The number of ether oxygens (including phenoxy) is 1. The number of hydrogen-bond donors (Lipinski definition) is 0. The molecule has 0 amide bonds. The summed E-state index contributed by atoms with van der Waals surface area (Å²) in [5.74, 6) is 1.10. The van der Waals surface area contributed by atoms with E-state index in [0.717, 1.165) is 18.6 Å². The van der Waals surface area contributed by atoms with Crippen molar-refractivity contribution in [2.45, 2.75) is 53.1 Å². The first-order valence-electron chi connectivity index (χ1n) is 6.31. The molecule has 2 rings (SSSR count). The molecule has 0 spiro atoms. The SMILES string of the molecule is C=C[C@]1(C)CCc2c(C)c(C)c(C)c(C)c2O1. The van der Waals surface area contributed by atoms with Gasteiger partial charge in [0.25, 0.3) is 0 Å². The highest BCUT2D eigenvalue weighted by atomic mass is 16.5. The van der Waals surface area contributed by atoms with Gasteiger partial charge in [-0.25, -0.2) is 0 Å². The van der Waals surface area contributed by atoms with Crippen LogP contribution in [0.4, 0.5) is 0 Å². The lowest BCUT2D eigenvalue weighted by Gasteiger charge is -2.36. The van der Waals surface area contributed by atoms with E-state index in [4.69, 9.17) is 4.74 Å². The number of rotatable bonds is 1. The molecule has 0 fully saturated rings. The summed E-state index contributed by atoms with van der Waals surface area (Å²) in [6.45, 7) is 14.8. The van der Waals surface area contributed by atoms with E-state index in [0.29, 0.717) is 0 Å². The summed E-state index contributed by atoms with van der Waals surface area (Å²) in [5, 5.41) is 0.